The Kier molecular flexibility index (Phi) is 5.28. The third kappa shape index (κ3) is 4.16. The Bertz CT molecular complexity index is 760. The molecule has 0 aromatic heterocycles. The number of amides is 2. The number of hydrogen-bond donors (Lipinski definition) is 2. The van der Waals surface area contributed by atoms with Crippen LogP contribution >= 0.6 is 0 Å². The largest absolute Gasteiger partial charge is 0.351 e. The number of carbonyl (C=O) groups excluding carboxylic acids is 2. The van der Waals surface area contributed by atoms with Crippen LogP contribution in [0.15, 0.2) is 48.5 Å². The molecule has 126 valence electrons. The van der Waals surface area contributed by atoms with E-state index >= 15 is 0 Å². The van der Waals surface area contributed by atoms with Gasteiger partial charge in [0.15, 0.2) is 0 Å². The second-order valence-electron chi connectivity index (χ2n) is 5.86. The van der Waals surface area contributed by atoms with Gasteiger partial charge in [0.05, 0.1) is 0 Å². The molecule has 2 aromatic rings. The summed E-state index contributed by atoms with van der Waals surface area (Å²) in [6.07, 6.45) is 0. The van der Waals surface area contributed by atoms with Crippen LogP contribution in [0.25, 0.3) is 0 Å². The topological polar surface area (TPSA) is 58.2 Å². The monoisotopic (exact) mass is 332 g/mol. The Morgan fingerprint density at radius 3 is 2.38 bits per heavy atom. The van der Waals surface area contributed by atoms with Gasteiger partial charge in [-0.3, -0.25) is 9.59 Å². The first-order chi connectivity index (χ1) is 11.3. The summed E-state index contributed by atoms with van der Waals surface area (Å²) in [5, 5.41) is 5.04. The van der Waals surface area contributed by atoms with Crippen molar-refractivity contribution in [1.82, 2.24) is 5.32 Å². The molecule has 2 rings (SSSR count). The fraction of sp³-hybridized carbons (Fsp3) is 0.222. The molecule has 0 unspecified atom stereocenters. The Morgan fingerprint density at radius 1 is 1.00 bits per heavy atom. The Labute approximate surface area is 138 Å². The van der Waals surface area contributed by atoms with E-state index in [1.807, 2.05) is 0 Å². The molecule has 24 heavy (non-hydrogen) atoms. The minimum absolute atomic E-state index is 0.0256. The van der Waals surface area contributed by atoms with Crippen molar-refractivity contribution in [2.75, 3.05) is 5.32 Å². The van der Waals surface area contributed by atoms with Crippen molar-refractivity contribution >= 4 is 17.5 Å². The lowest BCUT2D eigenvalue weighted by molar-refractivity contribution is -0.138. The molecule has 4 nitrogen and oxygen atoms in total. The van der Waals surface area contributed by atoms with Crippen molar-refractivity contribution in [3.8, 4) is 0 Å². The first-order valence-corrected chi connectivity index (χ1v) is 7.39. The minimum atomic E-state index is -1.41. The lowest BCUT2D eigenvalue weighted by Gasteiger charge is -2.23. The number of hydrogen-bond acceptors (Lipinski definition) is 2. The predicted molar refractivity (Wildman–Crippen MR) is 87.1 cm³/mol. The van der Waals surface area contributed by atoms with E-state index in [-0.39, 0.29) is 12.2 Å². The summed E-state index contributed by atoms with van der Waals surface area (Å²) >= 11 is 0. The maximum absolute atomic E-state index is 13.6. The fourth-order valence-corrected chi connectivity index (χ4v) is 1.99. The fourth-order valence-electron chi connectivity index (χ4n) is 1.99. The molecule has 0 aliphatic rings. The predicted octanol–water partition coefficient (Wildman–Crippen LogP) is 3.25. The second kappa shape index (κ2) is 7.21. The highest BCUT2D eigenvalue weighted by Crippen LogP contribution is 2.20. The smallest absolute Gasteiger partial charge is 0.239 e. The number of benzene rings is 2. The molecule has 2 N–H and O–H groups in total. The summed E-state index contributed by atoms with van der Waals surface area (Å²) < 4.78 is 26.7. The summed E-state index contributed by atoms with van der Waals surface area (Å²) in [4.78, 5) is 24.6. The molecule has 0 spiro atoms. The van der Waals surface area contributed by atoms with Crippen LogP contribution in [0, 0.1) is 17.0 Å². The van der Waals surface area contributed by atoms with Crippen molar-refractivity contribution in [2.24, 2.45) is 5.41 Å². The zero-order valence-corrected chi connectivity index (χ0v) is 13.4. The lowest BCUT2D eigenvalue weighted by Crippen LogP contribution is -2.45. The van der Waals surface area contributed by atoms with Gasteiger partial charge in [-0.15, -0.1) is 0 Å². The van der Waals surface area contributed by atoms with Crippen LogP contribution in [0.3, 0.4) is 0 Å². The molecule has 2 aromatic carbocycles. The van der Waals surface area contributed by atoms with Crippen molar-refractivity contribution in [3.63, 3.8) is 0 Å². The summed E-state index contributed by atoms with van der Waals surface area (Å²) in [7, 11) is 0. The van der Waals surface area contributed by atoms with Gasteiger partial charge in [0, 0.05) is 17.8 Å². The minimum Gasteiger partial charge on any atom is -0.351 e. The molecule has 6 heteroatoms. The molecule has 0 atom stereocenters. The zero-order valence-electron chi connectivity index (χ0n) is 13.4. The molecular weight excluding hydrogens is 314 g/mol. The summed E-state index contributed by atoms with van der Waals surface area (Å²) in [6.45, 7) is 2.86. The molecule has 0 aliphatic heterocycles. The van der Waals surface area contributed by atoms with Crippen LogP contribution in [0.5, 0.6) is 0 Å². The Balaban J connectivity index is 2.01. The Hall–Kier alpha value is -2.76. The van der Waals surface area contributed by atoms with E-state index < -0.39 is 28.9 Å². The van der Waals surface area contributed by atoms with Crippen LogP contribution in [0.1, 0.15) is 19.4 Å². The first kappa shape index (κ1) is 17.6. The van der Waals surface area contributed by atoms with Gasteiger partial charge in [-0.1, -0.05) is 24.3 Å². The van der Waals surface area contributed by atoms with Crippen LogP contribution in [0.4, 0.5) is 14.5 Å². The standard InChI is InChI=1S/C18H18F2N2O2/c1-18(2,17(24)22-14-8-5-7-13(19)10-14)16(23)21-11-12-6-3-4-9-15(12)20/h3-10H,11H2,1-2H3,(H,21,23)(H,22,24). The maximum Gasteiger partial charge on any atom is 0.239 e. The van der Waals surface area contributed by atoms with Gasteiger partial charge in [0.1, 0.15) is 17.0 Å². The van der Waals surface area contributed by atoms with E-state index in [1.165, 1.54) is 38.1 Å². The molecule has 0 saturated heterocycles. The number of carbonyl (C=O) groups is 2. The molecular formula is C18H18F2N2O2. The lowest BCUT2D eigenvalue weighted by atomic mass is 9.90. The number of halogens is 2. The Morgan fingerprint density at radius 2 is 1.71 bits per heavy atom. The van der Waals surface area contributed by atoms with E-state index in [4.69, 9.17) is 0 Å². The molecule has 0 bridgehead atoms. The zero-order chi connectivity index (χ0) is 17.7. The molecule has 0 radical (unpaired) electrons. The second-order valence-corrected chi connectivity index (χ2v) is 5.86. The van der Waals surface area contributed by atoms with Crippen molar-refractivity contribution in [3.05, 3.63) is 65.7 Å². The number of anilines is 1. The molecule has 2 amide bonds. The van der Waals surface area contributed by atoms with E-state index in [2.05, 4.69) is 10.6 Å². The van der Waals surface area contributed by atoms with E-state index in [9.17, 15) is 18.4 Å². The average Bonchev–Trinajstić information content (AvgIpc) is 2.53. The normalized spacial score (nSPS) is 11.0. The van der Waals surface area contributed by atoms with Crippen molar-refractivity contribution in [2.45, 2.75) is 20.4 Å². The van der Waals surface area contributed by atoms with Crippen molar-refractivity contribution in [1.29, 1.82) is 0 Å². The number of nitrogens with one attached hydrogen (secondary N) is 2. The highest BCUT2D eigenvalue weighted by atomic mass is 19.1. The van der Waals surface area contributed by atoms with Crippen LogP contribution in [-0.4, -0.2) is 11.8 Å². The highest BCUT2D eigenvalue weighted by molar-refractivity contribution is 6.09. The van der Waals surface area contributed by atoms with Gasteiger partial charge in [-0.2, -0.15) is 0 Å². The quantitative estimate of drug-likeness (QED) is 0.826. The SMILES string of the molecule is CC(C)(C(=O)NCc1ccccc1F)C(=O)Nc1cccc(F)c1. The summed E-state index contributed by atoms with van der Waals surface area (Å²) in [5.74, 6) is -2.06. The van der Waals surface area contributed by atoms with Crippen LogP contribution in [0.2, 0.25) is 0 Å². The summed E-state index contributed by atoms with van der Waals surface area (Å²) in [5.41, 5.74) is -0.820. The van der Waals surface area contributed by atoms with Gasteiger partial charge < -0.3 is 10.6 Å². The molecule has 0 saturated carbocycles. The average molecular weight is 332 g/mol. The molecule has 0 fully saturated rings. The van der Waals surface area contributed by atoms with E-state index in [0.29, 0.717) is 5.56 Å². The van der Waals surface area contributed by atoms with Gasteiger partial charge in [-0.05, 0) is 38.1 Å². The number of rotatable bonds is 5. The highest BCUT2D eigenvalue weighted by Gasteiger charge is 2.36. The first-order valence-electron chi connectivity index (χ1n) is 7.39. The van der Waals surface area contributed by atoms with Gasteiger partial charge in [0.25, 0.3) is 0 Å². The maximum atomic E-state index is 13.6. The van der Waals surface area contributed by atoms with Crippen LogP contribution < -0.4 is 10.6 Å². The molecule has 0 aliphatic carbocycles. The van der Waals surface area contributed by atoms with E-state index in [1.54, 1.807) is 18.2 Å². The van der Waals surface area contributed by atoms with E-state index in [0.717, 1.165) is 6.07 Å². The third-order valence-corrected chi connectivity index (χ3v) is 3.62. The van der Waals surface area contributed by atoms with Gasteiger partial charge in [-0.25, -0.2) is 8.78 Å². The van der Waals surface area contributed by atoms with Gasteiger partial charge in [0.2, 0.25) is 11.8 Å². The van der Waals surface area contributed by atoms with Crippen molar-refractivity contribution < 1.29 is 18.4 Å². The summed E-state index contributed by atoms with van der Waals surface area (Å²) in [6, 6.07) is 11.4. The van der Waals surface area contributed by atoms with Crippen LogP contribution in [-0.2, 0) is 16.1 Å². The molecule has 0 heterocycles. The van der Waals surface area contributed by atoms with Gasteiger partial charge >= 0.3 is 0 Å². The third-order valence-electron chi connectivity index (χ3n) is 3.62.